The maximum absolute atomic E-state index is 9.12. The maximum Gasteiger partial charge on any atom is 0.147 e. The Morgan fingerprint density at radius 3 is 2.53 bits per heavy atom. The Hall–Kier alpha value is -0.850. The lowest BCUT2D eigenvalue weighted by atomic mass is 10.2. The van der Waals surface area contributed by atoms with Crippen molar-refractivity contribution in [3.05, 3.63) is 44.6 Å². The molecule has 102 valence electrons. The van der Waals surface area contributed by atoms with Crippen molar-refractivity contribution in [2.75, 3.05) is 6.61 Å². The topological polar surface area (TPSA) is 47.3 Å². The third kappa shape index (κ3) is 3.58. The number of aliphatic hydroxyl groups is 1. The molecule has 2 aromatic rings. The summed E-state index contributed by atoms with van der Waals surface area (Å²) < 4.78 is 9.27. The SMILES string of the molecule is Cn1nccc1CCOc1c(Br)cc(CO)cc1Br. The molecule has 0 radical (unpaired) electrons. The average molecular weight is 390 g/mol. The summed E-state index contributed by atoms with van der Waals surface area (Å²) in [5, 5.41) is 13.2. The molecule has 0 unspecified atom stereocenters. The minimum atomic E-state index is 0.00645. The van der Waals surface area contributed by atoms with Gasteiger partial charge in [0, 0.05) is 25.4 Å². The van der Waals surface area contributed by atoms with Crippen LogP contribution >= 0.6 is 31.9 Å². The Morgan fingerprint density at radius 1 is 1.32 bits per heavy atom. The zero-order valence-electron chi connectivity index (χ0n) is 10.4. The van der Waals surface area contributed by atoms with E-state index in [0.717, 1.165) is 32.4 Å². The first-order chi connectivity index (χ1) is 9.11. The number of benzene rings is 1. The molecule has 1 heterocycles. The molecular formula is C13H14Br2N2O2. The van der Waals surface area contributed by atoms with Crippen molar-refractivity contribution in [2.45, 2.75) is 13.0 Å². The van der Waals surface area contributed by atoms with E-state index >= 15 is 0 Å². The summed E-state index contributed by atoms with van der Waals surface area (Å²) in [5.41, 5.74) is 1.96. The van der Waals surface area contributed by atoms with Gasteiger partial charge in [-0.2, -0.15) is 5.10 Å². The van der Waals surface area contributed by atoms with Gasteiger partial charge >= 0.3 is 0 Å². The summed E-state index contributed by atoms with van der Waals surface area (Å²) in [6.07, 6.45) is 2.56. The lowest BCUT2D eigenvalue weighted by Crippen LogP contribution is -2.06. The van der Waals surface area contributed by atoms with E-state index in [-0.39, 0.29) is 6.61 Å². The highest BCUT2D eigenvalue weighted by Crippen LogP contribution is 2.34. The Bertz CT molecular complexity index is 547. The molecule has 0 aliphatic carbocycles. The Labute approximate surface area is 128 Å². The van der Waals surface area contributed by atoms with Crippen LogP contribution in [0.15, 0.2) is 33.3 Å². The van der Waals surface area contributed by atoms with Gasteiger partial charge in [-0.05, 0) is 55.6 Å². The van der Waals surface area contributed by atoms with Crippen molar-refractivity contribution < 1.29 is 9.84 Å². The van der Waals surface area contributed by atoms with Crippen LogP contribution in [0.4, 0.5) is 0 Å². The minimum absolute atomic E-state index is 0.00645. The van der Waals surface area contributed by atoms with E-state index in [9.17, 15) is 0 Å². The van der Waals surface area contributed by atoms with Gasteiger partial charge in [0.2, 0.25) is 0 Å². The highest BCUT2D eigenvalue weighted by atomic mass is 79.9. The van der Waals surface area contributed by atoms with Crippen LogP contribution in [0.5, 0.6) is 5.75 Å². The normalized spacial score (nSPS) is 10.7. The summed E-state index contributed by atoms with van der Waals surface area (Å²) in [4.78, 5) is 0. The molecule has 0 amide bonds. The van der Waals surface area contributed by atoms with Gasteiger partial charge in [-0.1, -0.05) is 0 Å². The van der Waals surface area contributed by atoms with Crippen molar-refractivity contribution in [3.8, 4) is 5.75 Å². The van der Waals surface area contributed by atoms with Gasteiger partial charge in [0.25, 0.3) is 0 Å². The van der Waals surface area contributed by atoms with Gasteiger partial charge in [-0.25, -0.2) is 0 Å². The van der Waals surface area contributed by atoms with Gasteiger partial charge in [-0.15, -0.1) is 0 Å². The molecule has 0 saturated carbocycles. The molecule has 2 rings (SSSR count). The molecule has 0 saturated heterocycles. The van der Waals surface area contributed by atoms with Gasteiger partial charge < -0.3 is 9.84 Å². The van der Waals surface area contributed by atoms with Gasteiger partial charge in [0.1, 0.15) is 5.75 Å². The lowest BCUT2D eigenvalue weighted by molar-refractivity contribution is 0.280. The molecule has 0 aliphatic heterocycles. The first-order valence-electron chi connectivity index (χ1n) is 5.80. The zero-order valence-corrected chi connectivity index (χ0v) is 13.6. The van der Waals surface area contributed by atoms with Gasteiger partial charge in [-0.3, -0.25) is 4.68 Å². The molecule has 1 N–H and O–H groups in total. The summed E-state index contributed by atoms with van der Waals surface area (Å²) in [6, 6.07) is 5.68. The van der Waals surface area contributed by atoms with Gasteiger partial charge in [0.05, 0.1) is 22.2 Å². The van der Waals surface area contributed by atoms with E-state index in [1.165, 1.54) is 0 Å². The zero-order chi connectivity index (χ0) is 13.8. The number of aliphatic hydroxyl groups excluding tert-OH is 1. The quantitative estimate of drug-likeness (QED) is 0.854. The molecule has 1 aromatic heterocycles. The van der Waals surface area contributed by atoms with E-state index in [0.29, 0.717) is 6.61 Å². The molecule has 0 atom stereocenters. The number of halogens is 2. The lowest BCUT2D eigenvalue weighted by Gasteiger charge is -2.11. The Balaban J connectivity index is 2.02. The predicted molar refractivity (Wildman–Crippen MR) is 80.2 cm³/mol. The molecule has 4 nitrogen and oxygen atoms in total. The van der Waals surface area contributed by atoms with Crippen LogP contribution in [0.25, 0.3) is 0 Å². The van der Waals surface area contributed by atoms with E-state index in [1.54, 1.807) is 6.20 Å². The number of nitrogens with zero attached hydrogens (tertiary/aromatic N) is 2. The van der Waals surface area contributed by atoms with E-state index in [4.69, 9.17) is 9.84 Å². The summed E-state index contributed by atoms with van der Waals surface area (Å²) >= 11 is 6.90. The summed E-state index contributed by atoms with van der Waals surface area (Å²) in [5.74, 6) is 0.749. The number of ether oxygens (including phenoxy) is 1. The summed E-state index contributed by atoms with van der Waals surface area (Å²) in [6.45, 7) is 0.571. The van der Waals surface area contributed by atoms with Crippen molar-refractivity contribution in [2.24, 2.45) is 7.05 Å². The van der Waals surface area contributed by atoms with Crippen LogP contribution < -0.4 is 4.74 Å². The molecule has 6 heteroatoms. The van der Waals surface area contributed by atoms with Crippen molar-refractivity contribution in [1.29, 1.82) is 0 Å². The minimum Gasteiger partial charge on any atom is -0.491 e. The molecule has 1 aromatic carbocycles. The van der Waals surface area contributed by atoms with E-state index in [2.05, 4.69) is 37.0 Å². The predicted octanol–water partition coefficient (Wildman–Crippen LogP) is 3.06. The standard InChI is InChI=1S/C13H14Br2N2O2/c1-17-10(2-4-16-17)3-5-19-13-11(14)6-9(8-18)7-12(13)15/h2,4,6-7,18H,3,5,8H2,1H3. The number of hydrogen-bond donors (Lipinski definition) is 1. The number of hydrogen-bond acceptors (Lipinski definition) is 3. The van der Waals surface area contributed by atoms with Crippen LogP contribution in [-0.4, -0.2) is 21.5 Å². The number of aromatic nitrogens is 2. The molecule has 0 aliphatic rings. The largest absolute Gasteiger partial charge is 0.491 e. The fraction of sp³-hybridized carbons (Fsp3) is 0.308. The number of aryl methyl sites for hydroxylation is 1. The second kappa shape index (κ2) is 6.54. The van der Waals surface area contributed by atoms with E-state index in [1.807, 2.05) is 29.9 Å². The first-order valence-corrected chi connectivity index (χ1v) is 7.39. The third-order valence-corrected chi connectivity index (χ3v) is 3.95. The molecule has 0 bridgehead atoms. The van der Waals surface area contributed by atoms with Crippen molar-refractivity contribution in [3.63, 3.8) is 0 Å². The average Bonchev–Trinajstić information content (AvgIpc) is 2.78. The highest BCUT2D eigenvalue weighted by molar-refractivity contribution is 9.11. The first kappa shape index (κ1) is 14.6. The fourth-order valence-corrected chi connectivity index (χ4v) is 3.26. The Morgan fingerprint density at radius 2 is 2.00 bits per heavy atom. The molecule has 19 heavy (non-hydrogen) atoms. The van der Waals surface area contributed by atoms with Crippen LogP contribution in [0.1, 0.15) is 11.3 Å². The van der Waals surface area contributed by atoms with Crippen LogP contribution in [0, 0.1) is 0 Å². The Kier molecular flexibility index (Phi) is 5.01. The van der Waals surface area contributed by atoms with Gasteiger partial charge in [0.15, 0.2) is 0 Å². The van der Waals surface area contributed by atoms with E-state index < -0.39 is 0 Å². The second-order valence-electron chi connectivity index (χ2n) is 4.09. The van der Waals surface area contributed by atoms with Crippen molar-refractivity contribution in [1.82, 2.24) is 9.78 Å². The third-order valence-electron chi connectivity index (χ3n) is 2.77. The van der Waals surface area contributed by atoms with Crippen LogP contribution in [0.2, 0.25) is 0 Å². The second-order valence-corrected chi connectivity index (χ2v) is 5.80. The van der Waals surface area contributed by atoms with Crippen LogP contribution in [0.3, 0.4) is 0 Å². The molecule has 0 fully saturated rings. The van der Waals surface area contributed by atoms with Crippen LogP contribution in [-0.2, 0) is 20.1 Å². The highest BCUT2D eigenvalue weighted by Gasteiger charge is 2.09. The maximum atomic E-state index is 9.12. The molecular weight excluding hydrogens is 376 g/mol. The fourth-order valence-electron chi connectivity index (χ4n) is 1.75. The monoisotopic (exact) mass is 388 g/mol. The van der Waals surface area contributed by atoms with Crippen molar-refractivity contribution >= 4 is 31.9 Å². The smallest absolute Gasteiger partial charge is 0.147 e. The summed E-state index contributed by atoms with van der Waals surface area (Å²) in [7, 11) is 1.91. The molecule has 0 spiro atoms. The number of rotatable bonds is 5.